The number of hydrogen-bond donors (Lipinski definition) is 2. The van der Waals surface area contributed by atoms with Crippen LogP contribution in [0.3, 0.4) is 0 Å². The maximum absolute atomic E-state index is 12.8. The summed E-state index contributed by atoms with van der Waals surface area (Å²) in [4.78, 5) is 46.5. The third kappa shape index (κ3) is 4.39. The van der Waals surface area contributed by atoms with E-state index in [1.54, 1.807) is 47.1 Å². The molecule has 1 amide bonds. The van der Waals surface area contributed by atoms with Crippen LogP contribution >= 0.6 is 11.8 Å². The topological polar surface area (TPSA) is 122 Å². The van der Waals surface area contributed by atoms with Crippen molar-refractivity contribution in [3.63, 3.8) is 0 Å². The van der Waals surface area contributed by atoms with Crippen molar-refractivity contribution >= 4 is 29.6 Å². The minimum atomic E-state index is -1.20. The monoisotopic (exact) mass is 437 g/mol. The molecule has 0 bridgehead atoms. The molecule has 3 rings (SSSR count). The Morgan fingerprint density at radius 3 is 2.57 bits per heavy atom. The number of rotatable bonds is 7. The molecule has 0 spiro atoms. The van der Waals surface area contributed by atoms with Gasteiger partial charge in [0, 0.05) is 23.3 Å². The van der Waals surface area contributed by atoms with Gasteiger partial charge in [0.2, 0.25) is 12.7 Å². The summed E-state index contributed by atoms with van der Waals surface area (Å²) in [5, 5.41) is 10.4. The van der Waals surface area contributed by atoms with Crippen LogP contribution in [-0.2, 0) is 29.6 Å². The molecule has 2 aliphatic rings. The van der Waals surface area contributed by atoms with Crippen LogP contribution in [0.25, 0.3) is 0 Å². The second-order valence-corrected chi connectivity index (χ2v) is 10.0. The van der Waals surface area contributed by atoms with Crippen molar-refractivity contribution in [1.29, 1.82) is 0 Å². The van der Waals surface area contributed by atoms with Gasteiger partial charge in [0.15, 0.2) is 0 Å². The number of carbonyl (C=O) groups is 3. The van der Waals surface area contributed by atoms with E-state index < -0.39 is 35.7 Å². The predicted molar refractivity (Wildman–Crippen MR) is 108 cm³/mol. The fraction of sp³-hybridized carbons (Fsp3) is 0.600. The molecule has 10 heteroatoms. The summed E-state index contributed by atoms with van der Waals surface area (Å²) >= 11 is 1.40. The van der Waals surface area contributed by atoms with Gasteiger partial charge in [-0.3, -0.25) is 9.59 Å². The molecule has 1 aromatic rings. The zero-order valence-electron chi connectivity index (χ0n) is 17.7. The Balaban J connectivity index is 1.73. The number of thioether (sulfide) groups is 1. The number of esters is 2. The van der Waals surface area contributed by atoms with Gasteiger partial charge in [-0.15, -0.1) is 11.8 Å². The summed E-state index contributed by atoms with van der Waals surface area (Å²) in [6.45, 7) is 7.73. The lowest BCUT2D eigenvalue weighted by Gasteiger charge is -2.48. The van der Waals surface area contributed by atoms with E-state index in [1.807, 2.05) is 0 Å². The molecule has 1 aromatic heterocycles. The Morgan fingerprint density at radius 1 is 1.30 bits per heavy atom. The zero-order valence-corrected chi connectivity index (χ0v) is 18.5. The molecule has 2 aliphatic heterocycles. The summed E-state index contributed by atoms with van der Waals surface area (Å²) in [7, 11) is 0. The summed E-state index contributed by atoms with van der Waals surface area (Å²) < 4.78 is 10.2. The number of aliphatic hydroxyl groups is 1. The summed E-state index contributed by atoms with van der Waals surface area (Å²) in [6.07, 6.45) is 3.77. The normalized spacial score (nSPS) is 21.4. The molecular weight excluding hydrogens is 410 g/mol. The number of β-lactam (4-membered cyclic amide) rings is 1. The van der Waals surface area contributed by atoms with E-state index in [0.717, 1.165) is 5.69 Å². The first-order valence-electron chi connectivity index (χ1n) is 9.64. The van der Waals surface area contributed by atoms with E-state index in [-0.39, 0.29) is 17.6 Å². The van der Waals surface area contributed by atoms with Gasteiger partial charge in [0.25, 0.3) is 0 Å². The Labute approximate surface area is 179 Å². The highest BCUT2D eigenvalue weighted by Crippen LogP contribution is 2.49. The highest BCUT2D eigenvalue weighted by molar-refractivity contribution is 8.02. The van der Waals surface area contributed by atoms with Crippen molar-refractivity contribution in [3.05, 3.63) is 28.8 Å². The van der Waals surface area contributed by atoms with E-state index in [2.05, 4.69) is 9.97 Å². The molecule has 0 aliphatic carbocycles. The highest BCUT2D eigenvalue weighted by Gasteiger charge is 2.60. The number of fused-ring (bicyclic) bond motifs is 1. The summed E-state index contributed by atoms with van der Waals surface area (Å²) in [5.74, 6) is -1.63. The third-order valence-corrected chi connectivity index (χ3v) is 6.16. The molecule has 30 heavy (non-hydrogen) atoms. The molecule has 164 valence electrons. The van der Waals surface area contributed by atoms with Gasteiger partial charge >= 0.3 is 11.9 Å². The largest absolute Gasteiger partial charge is 0.427 e. The molecule has 0 radical (unpaired) electrons. The Kier molecular flexibility index (Phi) is 6.01. The van der Waals surface area contributed by atoms with Gasteiger partial charge in [0.1, 0.15) is 5.70 Å². The Bertz CT molecular complexity index is 866. The van der Waals surface area contributed by atoms with Crippen molar-refractivity contribution in [3.8, 4) is 0 Å². The second-order valence-electron chi connectivity index (χ2n) is 8.96. The van der Waals surface area contributed by atoms with Crippen LogP contribution in [0.15, 0.2) is 23.1 Å². The van der Waals surface area contributed by atoms with E-state index in [9.17, 15) is 19.5 Å². The standard InChI is InChI=1S/C20H27N3O6S/c1-19(2,3)18(26)29-10-28-17(25)15-13(30-8-11-7-21-9-22-11)6-12-14(20(4,5)27)16(24)23(12)15/h7,9,12,14,27H,6,8,10H2,1-5H3,(H,21,22). The number of hydrogen-bond acceptors (Lipinski definition) is 8. The van der Waals surface area contributed by atoms with Gasteiger partial charge in [0.05, 0.1) is 35.0 Å². The maximum Gasteiger partial charge on any atom is 0.358 e. The summed E-state index contributed by atoms with van der Waals surface area (Å²) in [5.41, 5.74) is -0.961. The molecule has 0 saturated carbocycles. The van der Waals surface area contributed by atoms with Crippen LogP contribution in [0.4, 0.5) is 0 Å². The third-order valence-electron chi connectivity index (χ3n) is 5.02. The predicted octanol–water partition coefficient (Wildman–Crippen LogP) is 1.95. The van der Waals surface area contributed by atoms with Gasteiger partial charge in [-0.05, 0) is 34.6 Å². The first-order chi connectivity index (χ1) is 13.9. The molecule has 2 atom stereocenters. The highest BCUT2D eigenvalue weighted by atomic mass is 32.2. The zero-order chi connectivity index (χ0) is 22.3. The average molecular weight is 438 g/mol. The quantitative estimate of drug-likeness (QED) is 0.377. The Morgan fingerprint density at radius 2 is 2.00 bits per heavy atom. The molecule has 1 saturated heterocycles. The number of nitrogens with one attached hydrogen (secondary N) is 1. The number of imidazole rings is 1. The molecule has 2 N–H and O–H groups in total. The SMILES string of the molecule is CC(C)(C)C(=O)OCOC(=O)C1=C(SCc2c[nH]cn2)CC2C(C(C)(C)O)C(=O)N12. The maximum atomic E-state index is 12.8. The lowest BCUT2D eigenvalue weighted by atomic mass is 9.76. The number of carbonyl (C=O) groups excluding carboxylic acids is 3. The summed E-state index contributed by atoms with van der Waals surface area (Å²) in [6, 6.07) is -0.307. The van der Waals surface area contributed by atoms with Crippen LogP contribution in [0.1, 0.15) is 46.7 Å². The van der Waals surface area contributed by atoms with Crippen LogP contribution in [-0.4, -0.2) is 56.3 Å². The first-order valence-corrected chi connectivity index (χ1v) is 10.6. The molecular formula is C20H27N3O6S. The minimum absolute atomic E-state index is 0.151. The van der Waals surface area contributed by atoms with Crippen LogP contribution in [0.5, 0.6) is 0 Å². The number of amides is 1. The second kappa shape index (κ2) is 8.07. The average Bonchev–Trinajstić information content (AvgIpc) is 3.23. The van der Waals surface area contributed by atoms with E-state index >= 15 is 0 Å². The van der Waals surface area contributed by atoms with Gasteiger partial charge in [-0.2, -0.15) is 0 Å². The number of aromatic nitrogens is 2. The van der Waals surface area contributed by atoms with E-state index in [4.69, 9.17) is 9.47 Å². The van der Waals surface area contributed by atoms with Gasteiger partial charge in [-0.25, -0.2) is 9.78 Å². The first kappa shape index (κ1) is 22.4. The molecule has 3 heterocycles. The fourth-order valence-corrected chi connectivity index (χ4v) is 4.60. The smallest absolute Gasteiger partial charge is 0.358 e. The van der Waals surface area contributed by atoms with Crippen molar-refractivity contribution in [2.45, 2.75) is 58.4 Å². The molecule has 2 unspecified atom stereocenters. The lowest BCUT2D eigenvalue weighted by molar-refractivity contribution is -0.177. The van der Waals surface area contributed by atoms with Crippen molar-refractivity contribution in [2.75, 3.05) is 6.79 Å². The molecule has 9 nitrogen and oxygen atoms in total. The van der Waals surface area contributed by atoms with E-state index in [0.29, 0.717) is 17.1 Å². The lowest BCUT2D eigenvalue weighted by Crippen LogP contribution is -2.65. The van der Waals surface area contributed by atoms with E-state index in [1.165, 1.54) is 16.7 Å². The van der Waals surface area contributed by atoms with Crippen molar-refractivity contribution < 1.29 is 29.0 Å². The van der Waals surface area contributed by atoms with Gasteiger partial charge < -0.3 is 24.5 Å². The minimum Gasteiger partial charge on any atom is -0.427 e. The van der Waals surface area contributed by atoms with Crippen molar-refractivity contribution in [1.82, 2.24) is 14.9 Å². The Hall–Kier alpha value is -2.33. The van der Waals surface area contributed by atoms with Crippen LogP contribution < -0.4 is 0 Å². The molecule has 0 aromatic carbocycles. The fourth-order valence-electron chi connectivity index (χ4n) is 3.52. The molecule has 1 fully saturated rings. The van der Waals surface area contributed by atoms with Crippen LogP contribution in [0, 0.1) is 11.3 Å². The number of H-pyrrole nitrogens is 1. The number of aromatic amines is 1. The van der Waals surface area contributed by atoms with Crippen molar-refractivity contribution in [2.24, 2.45) is 11.3 Å². The number of ether oxygens (including phenoxy) is 2. The van der Waals surface area contributed by atoms with Gasteiger partial charge in [-0.1, -0.05) is 0 Å². The van der Waals surface area contributed by atoms with Crippen LogP contribution in [0.2, 0.25) is 0 Å². The number of nitrogens with zero attached hydrogens (tertiary/aromatic N) is 2.